The van der Waals surface area contributed by atoms with Crippen LogP contribution in [0, 0.1) is 5.92 Å². The van der Waals surface area contributed by atoms with Crippen LogP contribution in [0.3, 0.4) is 0 Å². The van der Waals surface area contributed by atoms with Crippen molar-refractivity contribution in [1.29, 1.82) is 0 Å². The molecule has 3 amide bonds. The first kappa shape index (κ1) is 37.5. The van der Waals surface area contributed by atoms with Gasteiger partial charge in [-0.05, 0) is 46.4 Å². The Morgan fingerprint density at radius 1 is 0.909 bits per heavy atom. The smallest absolute Gasteiger partial charge is 0.315 e. The summed E-state index contributed by atoms with van der Waals surface area (Å²) in [7, 11) is -2.93. The molecule has 0 aromatic heterocycles. The number of amides is 3. The third-order valence-corrected chi connectivity index (χ3v) is 15.6. The van der Waals surface area contributed by atoms with Gasteiger partial charge in [-0.15, -0.1) is 0 Å². The summed E-state index contributed by atoms with van der Waals surface area (Å²) in [6.45, 7) is 24.9. The van der Waals surface area contributed by atoms with E-state index in [1.54, 1.807) is 6.92 Å². The van der Waals surface area contributed by atoms with Crippen LogP contribution in [-0.2, 0) is 30.0 Å². The van der Waals surface area contributed by atoms with Crippen LogP contribution in [0.2, 0.25) is 15.1 Å². The standard InChI is InChI=1S/C34H58N4O5Si/c1-22(2)27(37-28(39)23(3)35)30(41)38-20-16-19-26(38)29(40)36-25(21-24-17-14-13-15-18-24)31(42)43-44(32(4,5)6,33(7,8)9)34(10,11)12/h13-15,17-18,22-23,25-27H,16,19-21,35H2,1-12H3,(H,36,40)(H,37,39)/t23-,25-,26-,27-/m0/s1. The van der Waals surface area contributed by atoms with E-state index in [1.807, 2.05) is 44.2 Å². The molecule has 0 spiro atoms. The molecule has 1 aliphatic heterocycles. The van der Waals surface area contributed by atoms with Crippen molar-refractivity contribution in [1.82, 2.24) is 15.5 Å². The van der Waals surface area contributed by atoms with Gasteiger partial charge in [0.2, 0.25) is 17.7 Å². The van der Waals surface area contributed by atoms with E-state index in [0.717, 1.165) is 5.56 Å². The number of rotatable bonds is 10. The quantitative estimate of drug-likeness (QED) is 0.309. The number of carbonyl (C=O) groups is 4. The van der Waals surface area contributed by atoms with Crippen LogP contribution in [0.5, 0.6) is 0 Å². The van der Waals surface area contributed by atoms with E-state index in [4.69, 9.17) is 10.2 Å². The molecule has 1 saturated heterocycles. The molecule has 2 rings (SSSR count). The van der Waals surface area contributed by atoms with Gasteiger partial charge in [0.25, 0.3) is 8.32 Å². The van der Waals surface area contributed by atoms with E-state index in [2.05, 4.69) is 72.9 Å². The predicted molar refractivity (Wildman–Crippen MR) is 178 cm³/mol. The van der Waals surface area contributed by atoms with Gasteiger partial charge < -0.3 is 25.7 Å². The lowest BCUT2D eigenvalue weighted by molar-refractivity contribution is -0.145. The van der Waals surface area contributed by atoms with Gasteiger partial charge in [0.15, 0.2) is 0 Å². The Balaban J connectivity index is 2.45. The minimum Gasteiger partial charge on any atom is -0.516 e. The summed E-state index contributed by atoms with van der Waals surface area (Å²) < 4.78 is 6.78. The molecule has 4 N–H and O–H groups in total. The average Bonchev–Trinajstić information content (AvgIpc) is 3.37. The second-order valence-corrected chi connectivity index (χ2v) is 21.9. The van der Waals surface area contributed by atoms with Gasteiger partial charge >= 0.3 is 5.97 Å². The Kier molecular flexibility index (Phi) is 12.0. The summed E-state index contributed by atoms with van der Waals surface area (Å²) in [6, 6.07) is 6.26. The van der Waals surface area contributed by atoms with Crippen molar-refractivity contribution in [3.05, 3.63) is 35.9 Å². The lowest BCUT2D eigenvalue weighted by atomic mass is 10.0. The highest BCUT2D eigenvalue weighted by Crippen LogP contribution is 2.62. The molecule has 0 aliphatic carbocycles. The molecule has 248 valence electrons. The zero-order valence-corrected chi connectivity index (χ0v) is 30.2. The van der Waals surface area contributed by atoms with E-state index >= 15 is 0 Å². The van der Waals surface area contributed by atoms with Gasteiger partial charge in [0, 0.05) is 13.0 Å². The summed E-state index contributed by atoms with van der Waals surface area (Å²) in [5, 5.41) is 4.86. The monoisotopic (exact) mass is 630 g/mol. The van der Waals surface area contributed by atoms with E-state index in [-0.39, 0.29) is 33.4 Å². The van der Waals surface area contributed by atoms with Gasteiger partial charge in [-0.25, -0.2) is 0 Å². The van der Waals surface area contributed by atoms with Crippen LogP contribution in [-0.4, -0.2) is 67.6 Å². The fourth-order valence-corrected chi connectivity index (χ4v) is 15.8. The minimum atomic E-state index is -2.93. The van der Waals surface area contributed by atoms with E-state index in [1.165, 1.54) is 4.90 Å². The number of hydrogen-bond acceptors (Lipinski definition) is 6. The number of benzene rings is 1. The highest BCUT2D eigenvalue weighted by atomic mass is 28.4. The molecule has 1 aromatic carbocycles. The van der Waals surface area contributed by atoms with Gasteiger partial charge in [-0.3, -0.25) is 19.2 Å². The number of nitrogens with zero attached hydrogens (tertiary/aromatic N) is 1. The third kappa shape index (κ3) is 8.30. The molecule has 4 atom stereocenters. The maximum atomic E-state index is 14.3. The van der Waals surface area contributed by atoms with E-state index in [9.17, 15) is 19.2 Å². The van der Waals surface area contributed by atoms with Crippen molar-refractivity contribution in [3.63, 3.8) is 0 Å². The molecule has 0 radical (unpaired) electrons. The number of nitrogens with one attached hydrogen (secondary N) is 2. The van der Waals surface area contributed by atoms with Gasteiger partial charge in [0.05, 0.1) is 6.04 Å². The van der Waals surface area contributed by atoms with Crippen LogP contribution < -0.4 is 16.4 Å². The van der Waals surface area contributed by atoms with Crippen molar-refractivity contribution in [2.24, 2.45) is 11.7 Å². The van der Waals surface area contributed by atoms with Gasteiger partial charge in [-0.2, -0.15) is 0 Å². The van der Waals surface area contributed by atoms with Crippen molar-refractivity contribution in [2.75, 3.05) is 6.54 Å². The Morgan fingerprint density at radius 3 is 1.89 bits per heavy atom. The van der Waals surface area contributed by atoms with Crippen LogP contribution in [0.1, 0.15) is 101 Å². The van der Waals surface area contributed by atoms with Gasteiger partial charge in [0.1, 0.15) is 18.1 Å². The maximum absolute atomic E-state index is 14.3. The number of carbonyl (C=O) groups excluding carboxylic acids is 4. The second-order valence-electron chi connectivity index (χ2n) is 15.8. The Bertz CT molecular complexity index is 1130. The summed E-state index contributed by atoms with van der Waals surface area (Å²) in [5.74, 6) is -1.81. The van der Waals surface area contributed by atoms with E-state index in [0.29, 0.717) is 19.4 Å². The van der Waals surface area contributed by atoms with Gasteiger partial charge in [-0.1, -0.05) is 106 Å². The molecule has 1 heterocycles. The van der Waals surface area contributed by atoms with Crippen molar-refractivity contribution in [2.45, 2.75) is 142 Å². The molecule has 0 saturated carbocycles. The summed E-state index contributed by atoms with van der Waals surface area (Å²) in [4.78, 5) is 55.8. The normalized spacial score (nSPS) is 18.4. The molecule has 1 aromatic rings. The molecule has 0 bridgehead atoms. The first-order valence-corrected chi connectivity index (χ1v) is 17.9. The van der Waals surface area contributed by atoms with Crippen molar-refractivity contribution < 1.29 is 23.6 Å². The highest BCUT2D eigenvalue weighted by molar-refractivity contribution is 6.83. The molecule has 1 aliphatic rings. The zero-order chi connectivity index (χ0) is 33.8. The molecule has 0 unspecified atom stereocenters. The Hall–Kier alpha value is -2.72. The SMILES string of the molecule is CC(C)[C@H](NC(=O)[C@H](C)N)C(=O)N1CCC[C@H]1C(=O)N[C@@H](Cc1ccccc1)C(=O)O[Si](C(C)(C)C)(C(C)(C)C)C(C)(C)C. The van der Waals surface area contributed by atoms with Crippen LogP contribution in [0.4, 0.5) is 0 Å². The number of likely N-dealkylation sites (tertiary alicyclic amines) is 1. The summed E-state index contributed by atoms with van der Waals surface area (Å²) >= 11 is 0. The molecular formula is C34H58N4O5Si. The largest absolute Gasteiger partial charge is 0.516 e. The zero-order valence-electron chi connectivity index (χ0n) is 29.2. The lowest BCUT2D eigenvalue weighted by Crippen LogP contribution is -2.64. The van der Waals surface area contributed by atoms with Crippen LogP contribution in [0.15, 0.2) is 30.3 Å². The van der Waals surface area contributed by atoms with E-state index < -0.39 is 50.3 Å². The maximum Gasteiger partial charge on any atom is 0.315 e. The molecule has 1 fully saturated rings. The number of nitrogens with two attached hydrogens (primary N) is 1. The highest BCUT2D eigenvalue weighted by Gasteiger charge is 2.65. The van der Waals surface area contributed by atoms with Crippen molar-refractivity contribution in [3.8, 4) is 0 Å². The summed E-state index contributed by atoms with van der Waals surface area (Å²) in [6.07, 6.45) is 1.35. The topological polar surface area (TPSA) is 131 Å². The predicted octanol–water partition coefficient (Wildman–Crippen LogP) is 5.08. The fraction of sp³-hybridized carbons (Fsp3) is 0.706. The number of hydrogen-bond donors (Lipinski definition) is 3. The molecule has 10 heteroatoms. The molecule has 9 nitrogen and oxygen atoms in total. The van der Waals surface area contributed by atoms with Crippen LogP contribution in [0.25, 0.3) is 0 Å². The average molecular weight is 631 g/mol. The fourth-order valence-electron chi connectivity index (χ4n) is 7.65. The third-order valence-electron chi connectivity index (χ3n) is 8.79. The van der Waals surface area contributed by atoms with Crippen LogP contribution >= 0.6 is 0 Å². The minimum absolute atomic E-state index is 0.208. The second kappa shape index (κ2) is 14.1. The Labute approximate surface area is 266 Å². The summed E-state index contributed by atoms with van der Waals surface area (Å²) in [5.41, 5.74) is 6.63. The lowest BCUT2D eigenvalue weighted by Gasteiger charge is -2.57. The first-order valence-electron chi connectivity index (χ1n) is 16.0. The molecular weight excluding hydrogens is 572 g/mol. The molecule has 44 heavy (non-hydrogen) atoms. The Morgan fingerprint density at radius 2 is 1.43 bits per heavy atom. The first-order chi connectivity index (χ1) is 20.0. The van der Waals surface area contributed by atoms with Crippen molar-refractivity contribution >= 4 is 32.0 Å².